The third-order valence-electron chi connectivity index (χ3n) is 4.95. The van der Waals surface area contributed by atoms with Crippen LogP contribution in [0, 0.1) is 0 Å². The molecule has 26 heavy (non-hydrogen) atoms. The van der Waals surface area contributed by atoms with E-state index in [0.29, 0.717) is 17.1 Å². The van der Waals surface area contributed by atoms with Crippen molar-refractivity contribution in [2.24, 2.45) is 26.2 Å². The number of hydrazone groups is 1. The summed E-state index contributed by atoms with van der Waals surface area (Å²) in [7, 11) is 4.80. The molecule has 4 rings (SSSR count). The Kier molecular flexibility index (Phi) is 3.75. The van der Waals surface area contributed by atoms with Gasteiger partial charge in [-0.15, -0.1) is 0 Å². The molecule has 0 aliphatic heterocycles. The van der Waals surface area contributed by atoms with Gasteiger partial charge in [-0.05, 0) is 24.8 Å². The molecule has 0 saturated heterocycles. The van der Waals surface area contributed by atoms with Crippen LogP contribution in [0.2, 0.25) is 0 Å². The summed E-state index contributed by atoms with van der Waals surface area (Å²) in [6.07, 6.45) is 2.99. The van der Waals surface area contributed by atoms with Gasteiger partial charge in [0.05, 0.1) is 5.71 Å². The SMILES string of the molecule is Cn1c(=O)c2c(nc(N/N=C3/CCCc4ccccc43)n2C)n(C)c1=O. The van der Waals surface area contributed by atoms with Gasteiger partial charge >= 0.3 is 5.69 Å². The number of hydrogen-bond acceptors (Lipinski definition) is 5. The molecule has 2 heterocycles. The van der Waals surface area contributed by atoms with Crippen LogP contribution in [0.25, 0.3) is 11.2 Å². The molecule has 8 nitrogen and oxygen atoms in total. The van der Waals surface area contributed by atoms with Crippen molar-refractivity contribution in [1.29, 1.82) is 0 Å². The smallest absolute Gasteiger partial charge is 0.306 e. The zero-order valence-corrected chi connectivity index (χ0v) is 15.0. The number of anilines is 1. The van der Waals surface area contributed by atoms with E-state index in [1.54, 1.807) is 18.7 Å². The Hall–Kier alpha value is -3.16. The maximum absolute atomic E-state index is 12.4. The van der Waals surface area contributed by atoms with Crippen molar-refractivity contribution in [2.45, 2.75) is 19.3 Å². The fourth-order valence-corrected chi connectivity index (χ4v) is 3.45. The minimum absolute atomic E-state index is 0.340. The van der Waals surface area contributed by atoms with E-state index in [2.05, 4.69) is 27.6 Å². The van der Waals surface area contributed by atoms with Crippen molar-refractivity contribution >= 4 is 22.8 Å². The molecule has 0 unspecified atom stereocenters. The van der Waals surface area contributed by atoms with Gasteiger partial charge < -0.3 is 4.57 Å². The second-order valence-electron chi connectivity index (χ2n) is 6.55. The predicted molar refractivity (Wildman–Crippen MR) is 101 cm³/mol. The molecular weight excluding hydrogens is 332 g/mol. The minimum Gasteiger partial charge on any atom is -0.306 e. The Morgan fingerprint density at radius 1 is 1.04 bits per heavy atom. The van der Waals surface area contributed by atoms with Crippen LogP contribution in [0.1, 0.15) is 24.0 Å². The third-order valence-corrected chi connectivity index (χ3v) is 4.95. The number of nitrogens with zero attached hydrogens (tertiary/aromatic N) is 5. The Morgan fingerprint density at radius 3 is 2.62 bits per heavy atom. The van der Waals surface area contributed by atoms with E-state index in [4.69, 9.17) is 0 Å². The van der Waals surface area contributed by atoms with E-state index < -0.39 is 5.69 Å². The van der Waals surface area contributed by atoms with Crippen molar-refractivity contribution in [3.05, 3.63) is 56.2 Å². The standard InChI is InChI=1S/C18H20N6O2/c1-22-14-15(23(2)18(26)24(3)16(14)25)19-17(22)21-20-13-10-6-8-11-7-4-5-9-12(11)13/h4-5,7,9H,6,8,10H2,1-3H3,(H,19,21)/b20-13-. The van der Waals surface area contributed by atoms with Crippen LogP contribution in [0.4, 0.5) is 5.95 Å². The van der Waals surface area contributed by atoms with Gasteiger partial charge in [-0.1, -0.05) is 24.3 Å². The second kappa shape index (κ2) is 5.98. The first-order valence-electron chi connectivity index (χ1n) is 8.52. The number of hydrogen-bond donors (Lipinski definition) is 1. The molecular formula is C18H20N6O2. The fourth-order valence-electron chi connectivity index (χ4n) is 3.45. The van der Waals surface area contributed by atoms with Gasteiger partial charge in [0.1, 0.15) is 0 Å². The van der Waals surface area contributed by atoms with Crippen molar-refractivity contribution in [1.82, 2.24) is 18.7 Å². The summed E-state index contributed by atoms with van der Waals surface area (Å²) in [5, 5.41) is 4.54. The van der Waals surface area contributed by atoms with Crippen molar-refractivity contribution in [3.8, 4) is 0 Å². The molecule has 0 bridgehead atoms. The van der Waals surface area contributed by atoms with Gasteiger partial charge in [-0.25, -0.2) is 10.2 Å². The first kappa shape index (κ1) is 16.3. The Morgan fingerprint density at radius 2 is 1.81 bits per heavy atom. The molecule has 0 spiro atoms. The van der Waals surface area contributed by atoms with Gasteiger partial charge in [-0.3, -0.25) is 13.9 Å². The average molecular weight is 352 g/mol. The molecule has 2 aromatic heterocycles. The number of rotatable bonds is 2. The van der Waals surface area contributed by atoms with E-state index in [9.17, 15) is 9.59 Å². The van der Waals surface area contributed by atoms with Crippen molar-refractivity contribution in [2.75, 3.05) is 5.43 Å². The Bertz CT molecular complexity index is 1160. The topological polar surface area (TPSA) is 86.2 Å². The average Bonchev–Trinajstić information content (AvgIpc) is 2.99. The van der Waals surface area contributed by atoms with Gasteiger partial charge in [0.25, 0.3) is 5.56 Å². The number of imidazole rings is 1. The molecule has 0 saturated carbocycles. The molecule has 3 aromatic rings. The maximum atomic E-state index is 12.4. The number of fused-ring (bicyclic) bond motifs is 2. The van der Waals surface area contributed by atoms with Gasteiger partial charge in [-0.2, -0.15) is 10.1 Å². The van der Waals surface area contributed by atoms with Gasteiger partial charge in [0.15, 0.2) is 11.2 Å². The van der Waals surface area contributed by atoms with E-state index in [-0.39, 0.29) is 5.56 Å². The normalized spacial score (nSPS) is 15.4. The first-order chi connectivity index (χ1) is 12.5. The van der Waals surface area contributed by atoms with Crippen LogP contribution < -0.4 is 16.7 Å². The monoisotopic (exact) mass is 352 g/mol. The summed E-state index contributed by atoms with van der Waals surface area (Å²) in [5.74, 6) is 0.425. The van der Waals surface area contributed by atoms with Crippen LogP contribution in [-0.2, 0) is 27.6 Å². The van der Waals surface area contributed by atoms with Crippen LogP contribution >= 0.6 is 0 Å². The molecule has 0 radical (unpaired) electrons. The predicted octanol–water partition coefficient (Wildman–Crippen LogP) is 1.12. The van der Waals surface area contributed by atoms with Crippen LogP contribution in [0.3, 0.4) is 0 Å². The lowest BCUT2D eigenvalue weighted by molar-refractivity contribution is 0.705. The summed E-state index contributed by atoms with van der Waals surface area (Å²) in [6.45, 7) is 0. The number of aromatic nitrogens is 4. The second-order valence-corrected chi connectivity index (χ2v) is 6.55. The first-order valence-corrected chi connectivity index (χ1v) is 8.52. The van der Waals surface area contributed by atoms with Gasteiger partial charge in [0.2, 0.25) is 5.95 Å². The Balaban J connectivity index is 1.79. The summed E-state index contributed by atoms with van der Waals surface area (Å²) >= 11 is 0. The largest absolute Gasteiger partial charge is 0.332 e. The molecule has 1 aromatic carbocycles. The summed E-state index contributed by atoms with van der Waals surface area (Å²) in [5.41, 5.74) is 6.32. The highest BCUT2D eigenvalue weighted by molar-refractivity contribution is 6.03. The maximum Gasteiger partial charge on any atom is 0.332 e. The van der Waals surface area contributed by atoms with Crippen molar-refractivity contribution in [3.63, 3.8) is 0 Å². The highest BCUT2D eigenvalue weighted by Gasteiger charge is 2.18. The minimum atomic E-state index is -0.403. The molecule has 1 aliphatic rings. The quantitative estimate of drug-likeness (QED) is 0.701. The number of benzene rings is 1. The van der Waals surface area contributed by atoms with Crippen LogP contribution in [0.5, 0.6) is 0 Å². The molecule has 134 valence electrons. The number of aryl methyl sites for hydroxylation is 3. The van der Waals surface area contributed by atoms with Crippen LogP contribution in [0.15, 0.2) is 39.0 Å². The highest BCUT2D eigenvalue weighted by atomic mass is 16.2. The Labute approximate surface area is 149 Å². The van der Waals surface area contributed by atoms with E-state index >= 15 is 0 Å². The molecule has 0 fully saturated rings. The molecule has 1 N–H and O–H groups in total. The lowest BCUT2D eigenvalue weighted by Gasteiger charge is -2.17. The highest BCUT2D eigenvalue weighted by Crippen LogP contribution is 2.22. The van der Waals surface area contributed by atoms with E-state index in [1.165, 1.54) is 17.2 Å². The summed E-state index contributed by atoms with van der Waals surface area (Å²) in [6, 6.07) is 8.24. The summed E-state index contributed by atoms with van der Waals surface area (Å²) in [4.78, 5) is 28.9. The molecule has 8 heteroatoms. The third kappa shape index (κ3) is 2.37. The molecule has 0 amide bonds. The van der Waals surface area contributed by atoms with Crippen LogP contribution in [-0.4, -0.2) is 24.4 Å². The number of nitrogens with one attached hydrogen (secondary N) is 1. The molecule has 1 aliphatic carbocycles. The summed E-state index contributed by atoms with van der Waals surface area (Å²) < 4.78 is 4.08. The zero-order valence-electron chi connectivity index (χ0n) is 15.0. The zero-order chi connectivity index (χ0) is 18.4. The lowest BCUT2D eigenvalue weighted by Crippen LogP contribution is -2.37. The van der Waals surface area contributed by atoms with E-state index in [1.807, 2.05) is 12.1 Å². The molecule has 0 atom stereocenters. The van der Waals surface area contributed by atoms with Gasteiger partial charge in [0, 0.05) is 26.7 Å². The van der Waals surface area contributed by atoms with E-state index in [0.717, 1.165) is 35.1 Å². The van der Waals surface area contributed by atoms with Crippen molar-refractivity contribution < 1.29 is 0 Å². The fraction of sp³-hybridized carbons (Fsp3) is 0.333. The lowest BCUT2D eigenvalue weighted by atomic mass is 9.90.